The summed E-state index contributed by atoms with van der Waals surface area (Å²) in [6.45, 7) is 0. The van der Waals surface area contributed by atoms with E-state index < -0.39 is 0 Å². The number of carbonyl (C=O) groups excluding carboxylic acids is 2. The molecule has 0 amide bonds. The summed E-state index contributed by atoms with van der Waals surface area (Å²) in [5, 5.41) is 0.870. The van der Waals surface area contributed by atoms with Crippen LogP contribution in [0.3, 0.4) is 0 Å². The molecule has 0 unspecified atom stereocenters. The normalized spacial score (nSPS) is 11.2. The van der Waals surface area contributed by atoms with E-state index in [9.17, 15) is 9.59 Å². The van der Waals surface area contributed by atoms with E-state index in [4.69, 9.17) is 9.15 Å². The zero-order valence-electron chi connectivity index (χ0n) is 19.5. The molecule has 36 heavy (non-hydrogen) atoms. The smallest absolute Gasteiger partial charge is 0.312 e. The SMILES string of the molecule is O=C(CC(c1ccccc1)c1ccccc1)Oc1ccccc1C=CC(=O)c1cc2ccccc2o1. The molecule has 0 aliphatic rings. The summed E-state index contributed by atoms with van der Waals surface area (Å²) >= 11 is 0. The number of allylic oxidation sites excluding steroid dienone is 1. The predicted octanol–water partition coefficient (Wildman–Crippen LogP) is 7.46. The zero-order chi connectivity index (χ0) is 24.7. The van der Waals surface area contributed by atoms with Crippen molar-refractivity contribution in [2.45, 2.75) is 12.3 Å². The molecule has 0 saturated carbocycles. The summed E-state index contributed by atoms with van der Waals surface area (Å²) in [6, 6.07) is 36.2. The number of carbonyl (C=O) groups is 2. The van der Waals surface area contributed by atoms with E-state index in [2.05, 4.69) is 0 Å². The van der Waals surface area contributed by atoms with Crippen LogP contribution in [0.15, 0.2) is 126 Å². The first kappa shape index (κ1) is 23.1. The molecule has 0 radical (unpaired) electrons. The maximum absolute atomic E-state index is 13.1. The van der Waals surface area contributed by atoms with Gasteiger partial charge in [-0.15, -0.1) is 0 Å². The Balaban J connectivity index is 1.33. The van der Waals surface area contributed by atoms with Gasteiger partial charge in [0.15, 0.2) is 5.76 Å². The summed E-state index contributed by atoms with van der Waals surface area (Å²) in [5.74, 6) is -0.0819. The van der Waals surface area contributed by atoms with Crippen LogP contribution in [0.4, 0.5) is 0 Å². The van der Waals surface area contributed by atoms with Crippen molar-refractivity contribution in [2.75, 3.05) is 0 Å². The van der Waals surface area contributed by atoms with E-state index in [1.807, 2.05) is 91.0 Å². The van der Waals surface area contributed by atoms with Crippen molar-refractivity contribution in [3.05, 3.63) is 144 Å². The van der Waals surface area contributed by atoms with E-state index in [-0.39, 0.29) is 29.9 Å². The monoisotopic (exact) mass is 472 g/mol. The van der Waals surface area contributed by atoms with Crippen LogP contribution in [-0.2, 0) is 4.79 Å². The van der Waals surface area contributed by atoms with Crippen LogP contribution in [0.5, 0.6) is 5.75 Å². The molecule has 0 bridgehead atoms. The molecule has 0 atom stereocenters. The second kappa shape index (κ2) is 10.7. The Morgan fingerprint density at radius 3 is 2.06 bits per heavy atom. The van der Waals surface area contributed by atoms with E-state index in [1.54, 1.807) is 30.3 Å². The first-order valence-electron chi connectivity index (χ1n) is 11.8. The van der Waals surface area contributed by atoms with E-state index in [0.717, 1.165) is 16.5 Å². The number of hydrogen-bond acceptors (Lipinski definition) is 4. The topological polar surface area (TPSA) is 56.5 Å². The van der Waals surface area contributed by atoms with Crippen LogP contribution < -0.4 is 4.74 Å². The number of furan rings is 1. The fourth-order valence-electron chi connectivity index (χ4n) is 4.19. The van der Waals surface area contributed by atoms with Crippen LogP contribution in [0, 0.1) is 0 Å². The summed E-state index contributed by atoms with van der Waals surface area (Å²) in [6.07, 6.45) is 3.26. The molecule has 5 rings (SSSR count). The van der Waals surface area contributed by atoms with Gasteiger partial charge in [0.1, 0.15) is 11.3 Å². The standard InChI is InChI=1S/C32H24O4/c33-28(31-21-26-16-8-10-18-30(26)35-31)20-19-25-15-7-9-17-29(25)36-32(34)22-27(23-11-3-1-4-12-23)24-13-5-2-6-14-24/h1-21,27H,22H2. The third-order valence-corrected chi connectivity index (χ3v) is 6.00. The summed E-state index contributed by atoms with van der Waals surface area (Å²) < 4.78 is 11.4. The van der Waals surface area contributed by atoms with Crippen molar-refractivity contribution in [3.8, 4) is 5.75 Å². The van der Waals surface area contributed by atoms with Gasteiger partial charge in [-0.3, -0.25) is 9.59 Å². The quantitative estimate of drug-likeness (QED) is 0.102. The van der Waals surface area contributed by atoms with Gasteiger partial charge in [-0.25, -0.2) is 0 Å². The highest BCUT2D eigenvalue weighted by atomic mass is 16.5. The average Bonchev–Trinajstić information content (AvgIpc) is 3.37. The molecular weight excluding hydrogens is 448 g/mol. The molecular formula is C32H24O4. The fourth-order valence-corrected chi connectivity index (χ4v) is 4.19. The molecule has 0 spiro atoms. The third-order valence-electron chi connectivity index (χ3n) is 6.00. The molecule has 176 valence electrons. The van der Waals surface area contributed by atoms with Gasteiger partial charge in [-0.1, -0.05) is 97.1 Å². The number of rotatable bonds is 8. The van der Waals surface area contributed by atoms with Gasteiger partial charge in [0.25, 0.3) is 0 Å². The van der Waals surface area contributed by atoms with Gasteiger partial charge in [0, 0.05) is 16.9 Å². The third kappa shape index (κ3) is 5.34. The predicted molar refractivity (Wildman–Crippen MR) is 141 cm³/mol. The lowest BCUT2D eigenvalue weighted by Crippen LogP contribution is -2.14. The maximum atomic E-state index is 13.1. The number of ketones is 1. The first-order valence-corrected chi connectivity index (χ1v) is 11.8. The Kier molecular flexibility index (Phi) is 6.86. The Morgan fingerprint density at radius 1 is 0.750 bits per heavy atom. The fraction of sp³-hybridized carbons (Fsp3) is 0.0625. The van der Waals surface area contributed by atoms with Gasteiger partial charge in [0.2, 0.25) is 5.78 Å². The van der Waals surface area contributed by atoms with Gasteiger partial charge in [-0.05, 0) is 41.5 Å². The lowest BCUT2D eigenvalue weighted by molar-refractivity contribution is -0.134. The maximum Gasteiger partial charge on any atom is 0.312 e. The minimum Gasteiger partial charge on any atom is -0.453 e. The number of fused-ring (bicyclic) bond motifs is 1. The zero-order valence-corrected chi connectivity index (χ0v) is 19.5. The Morgan fingerprint density at radius 2 is 1.36 bits per heavy atom. The Labute approximate surface area is 209 Å². The minimum atomic E-state index is -0.350. The largest absolute Gasteiger partial charge is 0.453 e. The number of esters is 1. The van der Waals surface area contributed by atoms with Crippen molar-refractivity contribution >= 4 is 28.8 Å². The van der Waals surface area contributed by atoms with Crippen molar-refractivity contribution in [1.82, 2.24) is 0 Å². The molecule has 0 fully saturated rings. The molecule has 0 aliphatic heterocycles. The van der Waals surface area contributed by atoms with Crippen LogP contribution in [-0.4, -0.2) is 11.8 Å². The molecule has 4 heteroatoms. The molecule has 4 aromatic carbocycles. The van der Waals surface area contributed by atoms with Gasteiger partial charge >= 0.3 is 5.97 Å². The van der Waals surface area contributed by atoms with Gasteiger partial charge in [0.05, 0.1) is 6.42 Å². The van der Waals surface area contributed by atoms with Crippen molar-refractivity contribution in [3.63, 3.8) is 0 Å². The highest BCUT2D eigenvalue weighted by Gasteiger charge is 2.20. The number of ether oxygens (including phenoxy) is 1. The summed E-state index contributed by atoms with van der Waals surface area (Å²) in [7, 11) is 0. The minimum absolute atomic E-state index is 0.128. The number of hydrogen-bond donors (Lipinski definition) is 0. The van der Waals surface area contributed by atoms with Crippen molar-refractivity contribution in [1.29, 1.82) is 0 Å². The van der Waals surface area contributed by atoms with Crippen molar-refractivity contribution < 1.29 is 18.7 Å². The van der Waals surface area contributed by atoms with Crippen LogP contribution in [0.1, 0.15) is 39.6 Å². The van der Waals surface area contributed by atoms with E-state index in [0.29, 0.717) is 16.9 Å². The Bertz CT molecular complexity index is 1440. The van der Waals surface area contributed by atoms with Gasteiger partial charge < -0.3 is 9.15 Å². The molecule has 1 heterocycles. The van der Waals surface area contributed by atoms with Gasteiger partial charge in [-0.2, -0.15) is 0 Å². The highest BCUT2D eigenvalue weighted by Crippen LogP contribution is 2.29. The number of para-hydroxylation sites is 2. The number of benzene rings is 4. The Hall–Kier alpha value is -4.70. The lowest BCUT2D eigenvalue weighted by atomic mass is 9.88. The van der Waals surface area contributed by atoms with Crippen LogP contribution >= 0.6 is 0 Å². The van der Waals surface area contributed by atoms with E-state index >= 15 is 0 Å². The second-order valence-electron chi connectivity index (χ2n) is 8.44. The summed E-state index contributed by atoms with van der Waals surface area (Å²) in [5.41, 5.74) is 3.39. The second-order valence-corrected chi connectivity index (χ2v) is 8.44. The molecule has 1 aromatic heterocycles. The average molecular weight is 473 g/mol. The lowest BCUT2D eigenvalue weighted by Gasteiger charge is -2.17. The highest BCUT2D eigenvalue weighted by molar-refractivity contribution is 6.07. The summed E-state index contributed by atoms with van der Waals surface area (Å²) in [4.78, 5) is 25.7. The molecule has 0 N–H and O–H groups in total. The first-order chi connectivity index (χ1) is 17.7. The van der Waals surface area contributed by atoms with Crippen molar-refractivity contribution in [2.24, 2.45) is 0 Å². The van der Waals surface area contributed by atoms with E-state index in [1.165, 1.54) is 6.08 Å². The molecule has 0 aliphatic carbocycles. The molecule has 5 aromatic rings. The molecule has 0 saturated heterocycles. The van der Waals surface area contributed by atoms with Crippen LogP contribution in [0.25, 0.3) is 17.0 Å². The molecule has 4 nitrogen and oxygen atoms in total. The van der Waals surface area contributed by atoms with Crippen LogP contribution in [0.2, 0.25) is 0 Å².